The van der Waals surface area contributed by atoms with E-state index < -0.39 is 6.04 Å². The van der Waals surface area contributed by atoms with Crippen molar-refractivity contribution in [2.24, 2.45) is 5.41 Å². The zero-order chi connectivity index (χ0) is 13.9. The number of hydrogen-bond donors (Lipinski definition) is 2. The lowest BCUT2D eigenvalue weighted by Crippen LogP contribution is -2.45. The van der Waals surface area contributed by atoms with Gasteiger partial charge in [-0.3, -0.25) is 4.79 Å². The van der Waals surface area contributed by atoms with Crippen LogP contribution in [-0.4, -0.2) is 41.7 Å². The predicted molar refractivity (Wildman–Crippen MR) is 74.5 cm³/mol. The van der Waals surface area contributed by atoms with Gasteiger partial charge in [0.05, 0.1) is 6.61 Å². The standard InChI is InChI=1S/C15H22N2O2/c1-15(2)10-16-13(9-18)14(19)17(11-15)8-12-6-4-3-5-7-12/h3-7,13,16,18H,8-11H2,1-2H3. The summed E-state index contributed by atoms with van der Waals surface area (Å²) in [7, 11) is 0. The molecule has 4 heteroatoms. The largest absolute Gasteiger partial charge is 0.394 e. The minimum Gasteiger partial charge on any atom is -0.394 e. The summed E-state index contributed by atoms with van der Waals surface area (Å²) < 4.78 is 0. The SMILES string of the molecule is CC1(C)CNC(CO)C(=O)N(Cc2ccccc2)C1. The van der Waals surface area contributed by atoms with Gasteiger partial charge in [0, 0.05) is 19.6 Å². The zero-order valence-electron chi connectivity index (χ0n) is 11.6. The van der Waals surface area contributed by atoms with Crippen LogP contribution in [0, 0.1) is 5.41 Å². The molecule has 0 aliphatic carbocycles. The summed E-state index contributed by atoms with van der Waals surface area (Å²) in [5, 5.41) is 12.5. The van der Waals surface area contributed by atoms with Gasteiger partial charge in [-0.2, -0.15) is 0 Å². The Morgan fingerprint density at radius 3 is 2.68 bits per heavy atom. The fraction of sp³-hybridized carbons (Fsp3) is 0.533. The minimum absolute atomic E-state index is 0.00829. The van der Waals surface area contributed by atoms with Crippen LogP contribution < -0.4 is 5.32 Å². The monoisotopic (exact) mass is 262 g/mol. The van der Waals surface area contributed by atoms with Gasteiger partial charge in [-0.15, -0.1) is 0 Å². The first-order valence-electron chi connectivity index (χ1n) is 6.69. The van der Waals surface area contributed by atoms with Crippen LogP contribution in [0.1, 0.15) is 19.4 Å². The lowest BCUT2D eigenvalue weighted by atomic mass is 9.93. The van der Waals surface area contributed by atoms with E-state index in [-0.39, 0.29) is 17.9 Å². The fourth-order valence-electron chi connectivity index (χ4n) is 2.44. The summed E-state index contributed by atoms with van der Waals surface area (Å²) in [6.07, 6.45) is 0. The molecule has 1 aromatic carbocycles. The van der Waals surface area contributed by atoms with Crippen molar-refractivity contribution in [2.45, 2.75) is 26.4 Å². The third-order valence-corrected chi connectivity index (χ3v) is 3.45. The van der Waals surface area contributed by atoms with Crippen molar-refractivity contribution in [1.29, 1.82) is 0 Å². The van der Waals surface area contributed by atoms with E-state index in [1.54, 1.807) is 0 Å². The number of rotatable bonds is 3. The van der Waals surface area contributed by atoms with Gasteiger partial charge in [-0.1, -0.05) is 44.2 Å². The quantitative estimate of drug-likeness (QED) is 0.854. The molecule has 1 amide bonds. The van der Waals surface area contributed by atoms with Crippen molar-refractivity contribution in [3.05, 3.63) is 35.9 Å². The van der Waals surface area contributed by atoms with Gasteiger partial charge < -0.3 is 15.3 Å². The molecule has 4 nitrogen and oxygen atoms in total. The maximum Gasteiger partial charge on any atom is 0.242 e. The predicted octanol–water partition coefficient (Wildman–Crippen LogP) is 1.01. The second-order valence-corrected chi connectivity index (χ2v) is 5.96. The Balaban J connectivity index is 2.17. The molecule has 1 aliphatic heterocycles. The molecule has 0 spiro atoms. The van der Waals surface area contributed by atoms with Crippen LogP contribution >= 0.6 is 0 Å². The lowest BCUT2D eigenvalue weighted by Gasteiger charge is -2.29. The van der Waals surface area contributed by atoms with Gasteiger partial charge in [-0.05, 0) is 11.0 Å². The molecule has 1 aromatic rings. The summed E-state index contributed by atoms with van der Waals surface area (Å²) in [4.78, 5) is 14.2. The molecular formula is C15H22N2O2. The number of nitrogens with zero attached hydrogens (tertiary/aromatic N) is 1. The Labute approximate surface area is 114 Å². The van der Waals surface area contributed by atoms with Crippen LogP contribution in [0.5, 0.6) is 0 Å². The number of carbonyl (C=O) groups excluding carboxylic acids is 1. The van der Waals surface area contributed by atoms with Crippen molar-refractivity contribution in [1.82, 2.24) is 10.2 Å². The van der Waals surface area contributed by atoms with Crippen LogP contribution in [-0.2, 0) is 11.3 Å². The highest BCUT2D eigenvalue weighted by molar-refractivity contribution is 5.82. The van der Waals surface area contributed by atoms with E-state index in [0.717, 1.165) is 12.1 Å². The normalized spacial score (nSPS) is 23.2. The van der Waals surface area contributed by atoms with Crippen LogP contribution in [0.25, 0.3) is 0 Å². The van der Waals surface area contributed by atoms with Gasteiger partial charge in [0.15, 0.2) is 0 Å². The van der Waals surface area contributed by atoms with Gasteiger partial charge in [0.1, 0.15) is 6.04 Å². The highest BCUT2D eigenvalue weighted by atomic mass is 16.3. The van der Waals surface area contributed by atoms with E-state index in [1.165, 1.54) is 0 Å². The van der Waals surface area contributed by atoms with Crippen molar-refractivity contribution in [3.8, 4) is 0 Å². The number of aliphatic hydroxyl groups is 1. The summed E-state index contributed by atoms with van der Waals surface area (Å²) in [6.45, 7) is 6.14. The summed E-state index contributed by atoms with van der Waals surface area (Å²) in [6, 6.07) is 9.48. The van der Waals surface area contributed by atoms with Gasteiger partial charge in [0.2, 0.25) is 5.91 Å². The first kappa shape index (κ1) is 14.0. The molecule has 1 fully saturated rings. The van der Waals surface area contributed by atoms with Crippen LogP contribution in [0.2, 0.25) is 0 Å². The first-order chi connectivity index (χ1) is 9.02. The molecule has 0 radical (unpaired) electrons. The zero-order valence-corrected chi connectivity index (χ0v) is 11.6. The molecule has 1 heterocycles. The van der Waals surface area contributed by atoms with E-state index in [9.17, 15) is 9.90 Å². The molecular weight excluding hydrogens is 240 g/mol. The third kappa shape index (κ3) is 3.55. The Kier molecular flexibility index (Phi) is 4.22. The molecule has 0 saturated carbocycles. The van der Waals surface area contributed by atoms with Gasteiger partial charge in [-0.25, -0.2) is 0 Å². The minimum atomic E-state index is -0.481. The van der Waals surface area contributed by atoms with Crippen molar-refractivity contribution >= 4 is 5.91 Å². The van der Waals surface area contributed by atoms with E-state index in [1.807, 2.05) is 35.2 Å². The molecule has 0 aromatic heterocycles. The number of aliphatic hydroxyl groups excluding tert-OH is 1. The second-order valence-electron chi connectivity index (χ2n) is 5.96. The molecule has 1 saturated heterocycles. The average Bonchev–Trinajstić information content (AvgIpc) is 2.49. The fourth-order valence-corrected chi connectivity index (χ4v) is 2.44. The Morgan fingerprint density at radius 2 is 2.05 bits per heavy atom. The molecule has 1 aliphatic rings. The van der Waals surface area contributed by atoms with Crippen LogP contribution in [0.4, 0.5) is 0 Å². The maximum atomic E-state index is 12.4. The smallest absolute Gasteiger partial charge is 0.242 e. The Bertz CT molecular complexity index is 431. The van der Waals surface area contributed by atoms with Crippen LogP contribution in [0.15, 0.2) is 30.3 Å². The average molecular weight is 262 g/mol. The molecule has 1 atom stereocenters. The van der Waals surface area contributed by atoms with E-state index in [0.29, 0.717) is 13.1 Å². The van der Waals surface area contributed by atoms with Gasteiger partial charge in [0.25, 0.3) is 0 Å². The van der Waals surface area contributed by atoms with Crippen molar-refractivity contribution < 1.29 is 9.90 Å². The lowest BCUT2D eigenvalue weighted by molar-refractivity contribution is -0.134. The Morgan fingerprint density at radius 1 is 1.37 bits per heavy atom. The molecule has 1 unspecified atom stereocenters. The highest BCUT2D eigenvalue weighted by Gasteiger charge is 2.33. The van der Waals surface area contributed by atoms with Gasteiger partial charge >= 0.3 is 0 Å². The van der Waals surface area contributed by atoms with E-state index in [2.05, 4.69) is 19.2 Å². The highest BCUT2D eigenvalue weighted by Crippen LogP contribution is 2.21. The number of hydrogen-bond acceptors (Lipinski definition) is 3. The summed E-state index contributed by atoms with van der Waals surface area (Å²) in [5.74, 6) is -0.0167. The number of carbonyl (C=O) groups is 1. The van der Waals surface area contributed by atoms with E-state index in [4.69, 9.17) is 0 Å². The Hall–Kier alpha value is -1.39. The third-order valence-electron chi connectivity index (χ3n) is 3.45. The number of nitrogens with one attached hydrogen (secondary N) is 1. The van der Waals surface area contributed by atoms with Crippen LogP contribution in [0.3, 0.4) is 0 Å². The van der Waals surface area contributed by atoms with E-state index >= 15 is 0 Å². The number of benzene rings is 1. The molecule has 19 heavy (non-hydrogen) atoms. The maximum absolute atomic E-state index is 12.4. The second kappa shape index (κ2) is 5.72. The summed E-state index contributed by atoms with van der Waals surface area (Å²) >= 11 is 0. The first-order valence-corrected chi connectivity index (χ1v) is 6.69. The molecule has 104 valence electrons. The molecule has 2 rings (SSSR count). The molecule has 0 bridgehead atoms. The summed E-state index contributed by atoms with van der Waals surface area (Å²) in [5.41, 5.74) is 1.12. The molecule has 2 N–H and O–H groups in total. The topological polar surface area (TPSA) is 52.6 Å². The van der Waals surface area contributed by atoms with Crippen molar-refractivity contribution in [3.63, 3.8) is 0 Å². The van der Waals surface area contributed by atoms with Crippen molar-refractivity contribution in [2.75, 3.05) is 19.7 Å². The number of amides is 1.